The van der Waals surface area contributed by atoms with E-state index in [9.17, 15) is 9.90 Å². The highest BCUT2D eigenvalue weighted by atomic mass is 32.2. The number of thioether (sulfide) groups is 1. The lowest BCUT2D eigenvalue weighted by Crippen LogP contribution is -2.51. The first-order valence-electron chi connectivity index (χ1n) is 6.67. The number of nitrogens with zero attached hydrogens (tertiary/aromatic N) is 1. The standard InChI is InChI=1S/C14H22N2O2S/c1-3-14(13(17)18,16-4-2)9-7-11-19-12-8-5-6-10-15-12/h5-6,8,10,16H,3-4,7,9,11H2,1-2H3,(H,17,18). The van der Waals surface area contributed by atoms with Crippen LogP contribution < -0.4 is 5.32 Å². The van der Waals surface area contributed by atoms with Gasteiger partial charge >= 0.3 is 5.97 Å². The fourth-order valence-corrected chi connectivity index (χ4v) is 2.85. The van der Waals surface area contributed by atoms with E-state index in [-0.39, 0.29) is 0 Å². The van der Waals surface area contributed by atoms with Crippen molar-refractivity contribution in [3.05, 3.63) is 24.4 Å². The van der Waals surface area contributed by atoms with E-state index in [4.69, 9.17) is 0 Å². The number of aromatic nitrogens is 1. The Balaban J connectivity index is 2.42. The summed E-state index contributed by atoms with van der Waals surface area (Å²) in [6.45, 7) is 4.53. The highest BCUT2D eigenvalue weighted by Crippen LogP contribution is 2.22. The van der Waals surface area contributed by atoms with Gasteiger partial charge in [-0.1, -0.05) is 19.9 Å². The van der Waals surface area contributed by atoms with Crippen LogP contribution in [0.5, 0.6) is 0 Å². The smallest absolute Gasteiger partial charge is 0.323 e. The van der Waals surface area contributed by atoms with Crippen molar-refractivity contribution < 1.29 is 9.90 Å². The largest absolute Gasteiger partial charge is 0.480 e. The maximum atomic E-state index is 11.4. The maximum Gasteiger partial charge on any atom is 0.323 e. The van der Waals surface area contributed by atoms with Crippen LogP contribution in [0.2, 0.25) is 0 Å². The number of nitrogens with one attached hydrogen (secondary N) is 1. The van der Waals surface area contributed by atoms with Crippen molar-refractivity contribution in [3.8, 4) is 0 Å². The molecule has 0 bridgehead atoms. The van der Waals surface area contributed by atoms with Crippen LogP contribution in [0, 0.1) is 0 Å². The van der Waals surface area contributed by atoms with Gasteiger partial charge in [-0.3, -0.25) is 4.79 Å². The second kappa shape index (κ2) is 8.17. The van der Waals surface area contributed by atoms with Crippen LogP contribution in [0.4, 0.5) is 0 Å². The zero-order chi connectivity index (χ0) is 14.1. The normalized spacial score (nSPS) is 14.0. The van der Waals surface area contributed by atoms with Crippen molar-refractivity contribution in [2.24, 2.45) is 0 Å². The van der Waals surface area contributed by atoms with Crippen molar-refractivity contribution in [1.82, 2.24) is 10.3 Å². The lowest BCUT2D eigenvalue weighted by Gasteiger charge is -2.29. The number of hydrogen-bond donors (Lipinski definition) is 2. The first-order valence-corrected chi connectivity index (χ1v) is 7.65. The van der Waals surface area contributed by atoms with Crippen LogP contribution in [-0.4, -0.2) is 33.9 Å². The van der Waals surface area contributed by atoms with E-state index in [1.165, 1.54) is 0 Å². The number of hydrogen-bond acceptors (Lipinski definition) is 4. The molecular formula is C14H22N2O2S. The molecule has 0 saturated heterocycles. The second-order valence-electron chi connectivity index (χ2n) is 4.39. The van der Waals surface area contributed by atoms with Gasteiger partial charge in [-0.05, 0) is 43.7 Å². The van der Waals surface area contributed by atoms with Crippen molar-refractivity contribution in [3.63, 3.8) is 0 Å². The van der Waals surface area contributed by atoms with Gasteiger partial charge in [-0.2, -0.15) is 0 Å². The Morgan fingerprint density at radius 3 is 2.79 bits per heavy atom. The summed E-state index contributed by atoms with van der Waals surface area (Å²) in [7, 11) is 0. The minimum Gasteiger partial charge on any atom is -0.480 e. The highest BCUT2D eigenvalue weighted by Gasteiger charge is 2.34. The molecule has 0 aromatic carbocycles. The molecule has 1 unspecified atom stereocenters. The van der Waals surface area contributed by atoms with Gasteiger partial charge in [0.05, 0.1) is 5.03 Å². The minimum atomic E-state index is -0.778. The lowest BCUT2D eigenvalue weighted by molar-refractivity contribution is -0.145. The number of carbonyl (C=O) groups is 1. The van der Waals surface area contributed by atoms with Gasteiger partial charge < -0.3 is 10.4 Å². The van der Waals surface area contributed by atoms with Crippen molar-refractivity contribution in [1.29, 1.82) is 0 Å². The summed E-state index contributed by atoms with van der Waals surface area (Å²) in [6.07, 6.45) is 3.87. The van der Waals surface area contributed by atoms with E-state index in [1.807, 2.05) is 32.0 Å². The van der Waals surface area contributed by atoms with E-state index >= 15 is 0 Å². The quantitative estimate of drug-likeness (QED) is 0.538. The van der Waals surface area contributed by atoms with Gasteiger partial charge in [-0.15, -0.1) is 11.8 Å². The first kappa shape index (κ1) is 16.0. The predicted octanol–water partition coefficient (Wildman–Crippen LogP) is 2.80. The van der Waals surface area contributed by atoms with Crippen molar-refractivity contribution >= 4 is 17.7 Å². The highest BCUT2D eigenvalue weighted by molar-refractivity contribution is 7.99. The second-order valence-corrected chi connectivity index (χ2v) is 5.51. The molecule has 1 heterocycles. The third-order valence-corrected chi connectivity index (χ3v) is 4.19. The van der Waals surface area contributed by atoms with Gasteiger partial charge in [0.25, 0.3) is 0 Å². The van der Waals surface area contributed by atoms with E-state index in [0.29, 0.717) is 19.4 Å². The fraction of sp³-hybridized carbons (Fsp3) is 0.571. The maximum absolute atomic E-state index is 11.4. The summed E-state index contributed by atoms with van der Waals surface area (Å²) in [4.78, 5) is 15.7. The molecule has 1 rings (SSSR count). The topological polar surface area (TPSA) is 62.2 Å². The molecule has 0 aliphatic rings. The van der Waals surface area contributed by atoms with Crippen LogP contribution in [0.3, 0.4) is 0 Å². The van der Waals surface area contributed by atoms with E-state index in [0.717, 1.165) is 17.2 Å². The number of likely N-dealkylation sites (N-methyl/N-ethyl adjacent to an activating group) is 1. The molecule has 4 nitrogen and oxygen atoms in total. The lowest BCUT2D eigenvalue weighted by atomic mass is 9.91. The molecule has 0 fully saturated rings. The summed E-state index contributed by atoms with van der Waals surface area (Å²) in [5, 5.41) is 13.5. The summed E-state index contributed by atoms with van der Waals surface area (Å²) in [5.41, 5.74) is -0.778. The van der Waals surface area contributed by atoms with E-state index < -0.39 is 11.5 Å². The Morgan fingerprint density at radius 1 is 1.47 bits per heavy atom. The molecule has 0 aliphatic carbocycles. The number of rotatable bonds is 9. The molecule has 106 valence electrons. The molecule has 0 saturated carbocycles. The van der Waals surface area contributed by atoms with Crippen LogP contribution in [-0.2, 0) is 4.79 Å². The summed E-state index contributed by atoms with van der Waals surface area (Å²) in [6, 6.07) is 5.82. The molecule has 5 heteroatoms. The third-order valence-electron chi connectivity index (χ3n) is 3.16. The van der Waals surface area contributed by atoms with Crippen LogP contribution >= 0.6 is 11.8 Å². The Labute approximate surface area is 119 Å². The number of carboxylic acids is 1. The molecule has 1 aromatic rings. The molecule has 0 spiro atoms. The monoisotopic (exact) mass is 282 g/mol. The van der Waals surface area contributed by atoms with Gasteiger partial charge in [0.1, 0.15) is 5.54 Å². The average Bonchev–Trinajstić information content (AvgIpc) is 2.43. The number of pyridine rings is 1. The fourth-order valence-electron chi connectivity index (χ4n) is 2.05. The van der Waals surface area contributed by atoms with Gasteiger partial charge in [0.2, 0.25) is 0 Å². The van der Waals surface area contributed by atoms with Crippen LogP contribution in [0.1, 0.15) is 33.1 Å². The predicted molar refractivity (Wildman–Crippen MR) is 78.5 cm³/mol. The summed E-state index contributed by atoms with van der Waals surface area (Å²) < 4.78 is 0. The first-order chi connectivity index (χ1) is 9.14. The van der Waals surface area contributed by atoms with E-state index in [2.05, 4.69) is 10.3 Å². The van der Waals surface area contributed by atoms with Crippen LogP contribution in [0.25, 0.3) is 0 Å². The van der Waals surface area contributed by atoms with Crippen LogP contribution in [0.15, 0.2) is 29.4 Å². The SMILES string of the molecule is CCNC(CC)(CCCSc1ccccn1)C(=O)O. The molecular weight excluding hydrogens is 260 g/mol. The molecule has 0 radical (unpaired) electrons. The minimum absolute atomic E-state index is 0.602. The molecule has 0 amide bonds. The zero-order valence-corrected chi connectivity index (χ0v) is 12.4. The zero-order valence-electron chi connectivity index (χ0n) is 11.6. The number of aliphatic carboxylic acids is 1. The van der Waals surface area contributed by atoms with Gasteiger partial charge in [0, 0.05) is 6.20 Å². The average molecular weight is 282 g/mol. The van der Waals surface area contributed by atoms with Crippen molar-refractivity contribution in [2.45, 2.75) is 43.7 Å². The summed E-state index contributed by atoms with van der Waals surface area (Å²) >= 11 is 1.67. The molecule has 0 aliphatic heterocycles. The Morgan fingerprint density at radius 2 is 2.26 bits per heavy atom. The number of carboxylic acid groups (broad SMARTS) is 1. The Hall–Kier alpha value is -1.07. The summed E-state index contributed by atoms with van der Waals surface area (Å²) in [5.74, 6) is 0.136. The third kappa shape index (κ3) is 4.84. The van der Waals surface area contributed by atoms with Gasteiger partial charge in [-0.25, -0.2) is 4.98 Å². The Bertz CT molecular complexity index is 386. The molecule has 1 atom stereocenters. The van der Waals surface area contributed by atoms with Crippen molar-refractivity contribution in [2.75, 3.05) is 12.3 Å². The molecule has 2 N–H and O–H groups in total. The van der Waals surface area contributed by atoms with Gasteiger partial charge in [0.15, 0.2) is 0 Å². The molecule has 19 heavy (non-hydrogen) atoms. The molecule has 1 aromatic heterocycles. The Kier molecular flexibility index (Phi) is 6.87. The van der Waals surface area contributed by atoms with E-state index in [1.54, 1.807) is 18.0 Å².